The first-order valence-corrected chi connectivity index (χ1v) is 7.13. The SMILES string of the molecule is CCNC(CS(=O)c1ccccc1)C(C)C. The van der Waals surface area contributed by atoms with Crippen molar-refractivity contribution >= 4 is 10.8 Å². The fourth-order valence-corrected chi connectivity index (χ4v) is 3.06. The van der Waals surface area contributed by atoms with Gasteiger partial charge in [0.05, 0.1) is 10.8 Å². The average Bonchev–Trinajstić information content (AvgIpc) is 2.29. The van der Waals surface area contributed by atoms with Gasteiger partial charge >= 0.3 is 0 Å². The first-order valence-electron chi connectivity index (χ1n) is 5.82. The number of hydrogen-bond acceptors (Lipinski definition) is 2. The summed E-state index contributed by atoms with van der Waals surface area (Å²) < 4.78 is 12.1. The van der Waals surface area contributed by atoms with Crippen LogP contribution >= 0.6 is 0 Å². The molecule has 0 aromatic heterocycles. The summed E-state index contributed by atoms with van der Waals surface area (Å²) in [6.45, 7) is 7.33. The van der Waals surface area contributed by atoms with Gasteiger partial charge in [0.15, 0.2) is 0 Å². The average molecular weight is 239 g/mol. The molecule has 1 aromatic carbocycles. The lowest BCUT2D eigenvalue weighted by atomic mass is 10.1. The zero-order valence-corrected chi connectivity index (χ0v) is 11.1. The fraction of sp³-hybridized carbons (Fsp3) is 0.538. The Morgan fingerprint density at radius 2 is 1.88 bits per heavy atom. The predicted octanol–water partition coefficient (Wildman–Crippen LogP) is 2.43. The molecule has 0 fully saturated rings. The van der Waals surface area contributed by atoms with Crippen molar-refractivity contribution in [3.63, 3.8) is 0 Å². The van der Waals surface area contributed by atoms with Gasteiger partial charge in [-0.05, 0) is 24.6 Å². The zero-order chi connectivity index (χ0) is 12.0. The minimum Gasteiger partial charge on any atom is -0.313 e. The molecule has 2 unspecified atom stereocenters. The van der Waals surface area contributed by atoms with E-state index in [1.165, 1.54) is 0 Å². The molecule has 2 atom stereocenters. The van der Waals surface area contributed by atoms with Crippen LogP contribution in [0.1, 0.15) is 20.8 Å². The van der Waals surface area contributed by atoms with Crippen molar-refractivity contribution in [1.82, 2.24) is 5.32 Å². The van der Waals surface area contributed by atoms with Gasteiger partial charge in [0.1, 0.15) is 0 Å². The van der Waals surface area contributed by atoms with Gasteiger partial charge < -0.3 is 5.32 Å². The Balaban J connectivity index is 2.62. The van der Waals surface area contributed by atoms with E-state index in [0.29, 0.717) is 17.7 Å². The van der Waals surface area contributed by atoms with Gasteiger partial charge in [0.25, 0.3) is 0 Å². The molecule has 90 valence electrons. The summed E-state index contributed by atoms with van der Waals surface area (Å²) in [7, 11) is -0.898. The maximum absolute atomic E-state index is 12.1. The summed E-state index contributed by atoms with van der Waals surface area (Å²) in [6.07, 6.45) is 0. The van der Waals surface area contributed by atoms with Crippen LogP contribution in [0.2, 0.25) is 0 Å². The van der Waals surface area contributed by atoms with Crippen LogP contribution in [0.15, 0.2) is 35.2 Å². The molecule has 0 saturated heterocycles. The van der Waals surface area contributed by atoms with Crippen molar-refractivity contribution in [2.45, 2.75) is 31.7 Å². The topological polar surface area (TPSA) is 29.1 Å². The van der Waals surface area contributed by atoms with E-state index in [-0.39, 0.29) is 0 Å². The Hall–Kier alpha value is -0.670. The molecule has 0 spiro atoms. The lowest BCUT2D eigenvalue weighted by molar-refractivity contribution is 0.440. The minimum atomic E-state index is -0.898. The van der Waals surface area contributed by atoms with Gasteiger partial charge in [-0.1, -0.05) is 39.0 Å². The van der Waals surface area contributed by atoms with Crippen LogP contribution in [-0.4, -0.2) is 22.5 Å². The highest BCUT2D eigenvalue weighted by Gasteiger charge is 2.16. The van der Waals surface area contributed by atoms with Gasteiger partial charge in [-0.3, -0.25) is 4.21 Å². The third kappa shape index (κ3) is 4.06. The van der Waals surface area contributed by atoms with Crippen LogP contribution in [0.4, 0.5) is 0 Å². The third-order valence-corrected chi connectivity index (χ3v) is 4.07. The number of rotatable bonds is 6. The van der Waals surface area contributed by atoms with Crippen LogP contribution in [0.25, 0.3) is 0 Å². The smallest absolute Gasteiger partial charge is 0.0545 e. The molecule has 3 heteroatoms. The fourth-order valence-electron chi connectivity index (χ4n) is 1.58. The highest BCUT2D eigenvalue weighted by Crippen LogP contribution is 2.10. The van der Waals surface area contributed by atoms with E-state index in [1.807, 2.05) is 30.3 Å². The molecule has 0 aliphatic heterocycles. The van der Waals surface area contributed by atoms with Crippen molar-refractivity contribution in [2.24, 2.45) is 5.92 Å². The van der Waals surface area contributed by atoms with Crippen LogP contribution in [-0.2, 0) is 10.8 Å². The Morgan fingerprint density at radius 3 is 2.38 bits per heavy atom. The van der Waals surface area contributed by atoms with E-state index in [4.69, 9.17) is 0 Å². The van der Waals surface area contributed by atoms with E-state index < -0.39 is 10.8 Å². The molecule has 0 radical (unpaired) electrons. The molecule has 1 rings (SSSR count). The second-order valence-corrected chi connectivity index (χ2v) is 5.73. The molecule has 0 bridgehead atoms. The molecule has 0 saturated carbocycles. The van der Waals surface area contributed by atoms with Crippen molar-refractivity contribution in [3.05, 3.63) is 30.3 Å². The summed E-state index contributed by atoms with van der Waals surface area (Å²) >= 11 is 0. The van der Waals surface area contributed by atoms with E-state index in [2.05, 4.69) is 26.1 Å². The maximum atomic E-state index is 12.1. The first-order chi connectivity index (χ1) is 7.65. The molecular weight excluding hydrogens is 218 g/mol. The number of hydrogen-bond donors (Lipinski definition) is 1. The Morgan fingerprint density at radius 1 is 1.25 bits per heavy atom. The Kier molecular flexibility index (Phi) is 5.71. The highest BCUT2D eigenvalue weighted by molar-refractivity contribution is 7.85. The predicted molar refractivity (Wildman–Crippen MR) is 70.0 cm³/mol. The molecular formula is C13H21NOS. The second kappa shape index (κ2) is 6.81. The van der Waals surface area contributed by atoms with Crippen LogP contribution in [0, 0.1) is 5.92 Å². The summed E-state index contributed by atoms with van der Waals surface area (Å²) in [5, 5.41) is 3.39. The Bertz CT molecular complexity index is 324. The zero-order valence-electron chi connectivity index (χ0n) is 10.3. The molecule has 0 amide bonds. The summed E-state index contributed by atoms with van der Waals surface area (Å²) in [5.74, 6) is 1.20. The van der Waals surface area contributed by atoms with E-state index in [9.17, 15) is 4.21 Å². The van der Waals surface area contributed by atoms with Gasteiger partial charge in [-0.25, -0.2) is 0 Å². The number of benzene rings is 1. The largest absolute Gasteiger partial charge is 0.313 e. The molecule has 2 nitrogen and oxygen atoms in total. The summed E-state index contributed by atoms with van der Waals surface area (Å²) in [5.41, 5.74) is 0. The lowest BCUT2D eigenvalue weighted by Gasteiger charge is -2.21. The lowest BCUT2D eigenvalue weighted by Crippen LogP contribution is -2.38. The molecule has 1 aromatic rings. The molecule has 1 N–H and O–H groups in total. The molecule has 0 aliphatic rings. The normalized spacial score (nSPS) is 15.0. The highest BCUT2D eigenvalue weighted by atomic mass is 32.2. The minimum absolute atomic E-state index is 0.325. The quantitative estimate of drug-likeness (QED) is 0.826. The maximum Gasteiger partial charge on any atom is 0.0545 e. The third-order valence-electron chi connectivity index (χ3n) is 2.61. The van der Waals surface area contributed by atoms with Crippen molar-refractivity contribution in [2.75, 3.05) is 12.3 Å². The Labute approximate surface area is 101 Å². The monoisotopic (exact) mass is 239 g/mol. The van der Waals surface area contributed by atoms with Crippen molar-refractivity contribution in [1.29, 1.82) is 0 Å². The second-order valence-electron chi connectivity index (χ2n) is 4.23. The molecule has 0 aliphatic carbocycles. The summed E-state index contributed by atoms with van der Waals surface area (Å²) in [6, 6.07) is 10.0. The van der Waals surface area contributed by atoms with Gasteiger partial charge in [0.2, 0.25) is 0 Å². The van der Waals surface area contributed by atoms with Crippen LogP contribution in [0.5, 0.6) is 0 Å². The van der Waals surface area contributed by atoms with Crippen LogP contribution < -0.4 is 5.32 Å². The van der Waals surface area contributed by atoms with Crippen LogP contribution in [0.3, 0.4) is 0 Å². The number of nitrogens with one attached hydrogen (secondary N) is 1. The first kappa shape index (κ1) is 13.4. The van der Waals surface area contributed by atoms with E-state index >= 15 is 0 Å². The van der Waals surface area contributed by atoms with Gasteiger partial charge in [0, 0.05) is 16.7 Å². The molecule has 16 heavy (non-hydrogen) atoms. The van der Waals surface area contributed by atoms with Crippen molar-refractivity contribution < 1.29 is 4.21 Å². The van der Waals surface area contributed by atoms with Crippen molar-refractivity contribution in [3.8, 4) is 0 Å². The van der Waals surface area contributed by atoms with E-state index in [0.717, 1.165) is 11.4 Å². The van der Waals surface area contributed by atoms with Gasteiger partial charge in [-0.2, -0.15) is 0 Å². The van der Waals surface area contributed by atoms with E-state index in [1.54, 1.807) is 0 Å². The van der Waals surface area contributed by atoms with Gasteiger partial charge in [-0.15, -0.1) is 0 Å². The standard InChI is InChI=1S/C13H21NOS/c1-4-14-13(11(2)3)10-16(15)12-8-6-5-7-9-12/h5-9,11,13-14H,4,10H2,1-3H3. The molecule has 0 heterocycles. The summed E-state index contributed by atoms with van der Waals surface area (Å²) in [4.78, 5) is 0.922.